The number of alkyl halides is 3. The molecule has 0 radical (unpaired) electrons. The minimum absolute atomic E-state index is 0.224. The standard InChI is InChI=1S/C13H17F3N2O4S/c14-13(15,16)22-8-4-6-9(7-5-8)23(20,21)18-11-3-1-2-10(17)12(11)19/h4-7,10-12,18-19H,1-3,17H2/t10-,11+,12+/m0/s1. The Kier molecular flexibility index (Phi) is 5.19. The topological polar surface area (TPSA) is 102 Å². The number of aliphatic hydroxyl groups excluding tert-OH is 1. The van der Waals surface area contributed by atoms with Crippen LogP contribution >= 0.6 is 0 Å². The molecule has 1 saturated carbocycles. The molecule has 2 rings (SSSR count). The first kappa shape index (κ1) is 18.0. The van der Waals surface area contributed by atoms with Gasteiger partial charge in [0, 0.05) is 12.1 Å². The number of aliphatic hydroxyl groups is 1. The molecule has 1 fully saturated rings. The summed E-state index contributed by atoms with van der Waals surface area (Å²) >= 11 is 0. The average Bonchev–Trinajstić information content (AvgIpc) is 2.42. The Morgan fingerprint density at radius 3 is 2.39 bits per heavy atom. The third kappa shape index (κ3) is 4.80. The predicted octanol–water partition coefficient (Wildman–Crippen LogP) is 1.10. The van der Waals surface area contributed by atoms with Crippen LogP contribution < -0.4 is 15.2 Å². The fraction of sp³-hybridized carbons (Fsp3) is 0.538. The second kappa shape index (κ2) is 6.63. The van der Waals surface area contributed by atoms with Crippen LogP contribution in [0.2, 0.25) is 0 Å². The zero-order valence-corrected chi connectivity index (χ0v) is 12.8. The van der Waals surface area contributed by atoms with Crippen LogP contribution in [-0.4, -0.2) is 38.1 Å². The fourth-order valence-corrected chi connectivity index (χ4v) is 3.72. The number of hydrogen-bond donors (Lipinski definition) is 3. The molecule has 0 saturated heterocycles. The van der Waals surface area contributed by atoms with Crippen molar-refractivity contribution < 1.29 is 31.4 Å². The molecule has 23 heavy (non-hydrogen) atoms. The summed E-state index contributed by atoms with van der Waals surface area (Å²) in [5, 5.41) is 9.92. The lowest BCUT2D eigenvalue weighted by Gasteiger charge is -2.32. The summed E-state index contributed by atoms with van der Waals surface area (Å²) < 4.78 is 66.7. The highest BCUT2D eigenvalue weighted by Crippen LogP contribution is 2.25. The third-order valence-electron chi connectivity index (χ3n) is 3.58. The third-order valence-corrected chi connectivity index (χ3v) is 5.08. The Morgan fingerprint density at radius 2 is 1.83 bits per heavy atom. The van der Waals surface area contributed by atoms with Gasteiger partial charge < -0.3 is 15.6 Å². The SMILES string of the molecule is N[C@H]1CCC[C@@H](NS(=O)(=O)c2ccc(OC(F)(F)F)cc2)[C@@H]1O. The van der Waals surface area contributed by atoms with E-state index in [1.54, 1.807) is 0 Å². The monoisotopic (exact) mass is 354 g/mol. The molecule has 1 aliphatic rings. The molecule has 0 aliphatic heterocycles. The van der Waals surface area contributed by atoms with E-state index in [1.165, 1.54) is 0 Å². The number of ether oxygens (including phenoxy) is 1. The summed E-state index contributed by atoms with van der Waals surface area (Å²) in [6.45, 7) is 0. The van der Waals surface area contributed by atoms with Gasteiger partial charge in [0.25, 0.3) is 0 Å². The minimum Gasteiger partial charge on any atom is -0.406 e. The van der Waals surface area contributed by atoms with Gasteiger partial charge in [-0.1, -0.05) is 6.42 Å². The number of hydrogen-bond acceptors (Lipinski definition) is 5. The van der Waals surface area contributed by atoms with E-state index < -0.39 is 40.3 Å². The molecule has 4 N–H and O–H groups in total. The van der Waals surface area contributed by atoms with Gasteiger partial charge >= 0.3 is 6.36 Å². The van der Waals surface area contributed by atoms with Crippen molar-refractivity contribution in [2.24, 2.45) is 5.73 Å². The van der Waals surface area contributed by atoms with Crippen molar-refractivity contribution in [3.8, 4) is 5.75 Å². The summed E-state index contributed by atoms with van der Waals surface area (Å²) in [6, 6.07) is 2.57. The maximum absolute atomic E-state index is 12.2. The maximum atomic E-state index is 12.2. The molecule has 10 heteroatoms. The van der Waals surface area contributed by atoms with E-state index >= 15 is 0 Å². The van der Waals surface area contributed by atoms with Crippen molar-refractivity contribution >= 4 is 10.0 Å². The van der Waals surface area contributed by atoms with Crippen molar-refractivity contribution in [1.82, 2.24) is 4.72 Å². The second-order valence-electron chi connectivity index (χ2n) is 5.33. The van der Waals surface area contributed by atoms with Gasteiger partial charge in [-0.25, -0.2) is 13.1 Å². The molecule has 130 valence electrons. The van der Waals surface area contributed by atoms with E-state index in [0.29, 0.717) is 19.3 Å². The smallest absolute Gasteiger partial charge is 0.406 e. The molecule has 0 aromatic heterocycles. The Labute approximate surface area is 131 Å². The van der Waals surface area contributed by atoms with Crippen molar-refractivity contribution in [2.45, 2.75) is 48.7 Å². The van der Waals surface area contributed by atoms with Crippen LogP contribution in [0, 0.1) is 0 Å². The molecule has 1 aromatic carbocycles. The van der Waals surface area contributed by atoms with Gasteiger partial charge in [0.05, 0.1) is 11.0 Å². The molecule has 1 aromatic rings. The molecule has 0 bridgehead atoms. The van der Waals surface area contributed by atoms with Crippen LogP contribution in [0.3, 0.4) is 0 Å². The first-order chi connectivity index (χ1) is 10.6. The number of nitrogens with two attached hydrogens (primary N) is 1. The number of rotatable bonds is 4. The normalized spacial score (nSPS) is 26.0. The number of benzene rings is 1. The van der Waals surface area contributed by atoms with Gasteiger partial charge in [0.2, 0.25) is 10.0 Å². The predicted molar refractivity (Wildman–Crippen MR) is 75.1 cm³/mol. The molecule has 3 atom stereocenters. The van der Waals surface area contributed by atoms with E-state index in [-0.39, 0.29) is 4.90 Å². The van der Waals surface area contributed by atoms with Gasteiger partial charge in [-0.05, 0) is 37.1 Å². The first-order valence-corrected chi connectivity index (χ1v) is 8.38. The summed E-state index contributed by atoms with van der Waals surface area (Å²) in [6.07, 6.45) is -4.15. The maximum Gasteiger partial charge on any atom is 0.573 e. The van der Waals surface area contributed by atoms with Crippen LogP contribution in [0.4, 0.5) is 13.2 Å². The highest BCUT2D eigenvalue weighted by molar-refractivity contribution is 7.89. The lowest BCUT2D eigenvalue weighted by molar-refractivity contribution is -0.274. The van der Waals surface area contributed by atoms with Crippen LogP contribution in [-0.2, 0) is 10.0 Å². The summed E-state index contributed by atoms with van der Waals surface area (Å²) in [5.41, 5.74) is 5.70. The van der Waals surface area contributed by atoms with E-state index in [9.17, 15) is 26.7 Å². The van der Waals surface area contributed by atoms with Gasteiger partial charge in [-0.3, -0.25) is 0 Å². The second-order valence-corrected chi connectivity index (χ2v) is 7.05. The molecule has 0 unspecified atom stereocenters. The Bertz CT molecular complexity index is 634. The van der Waals surface area contributed by atoms with Gasteiger partial charge in [0.1, 0.15) is 5.75 Å². The van der Waals surface area contributed by atoms with Crippen molar-refractivity contribution in [3.63, 3.8) is 0 Å². The highest BCUT2D eigenvalue weighted by atomic mass is 32.2. The quantitative estimate of drug-likeness (QED) is 0.752. The zero-order chi connectivity index (χ0) is 17.3. The minimum atomic E-state index is -4.85. The van der Waals surface area contributed by atoms with Crippen LogP contribution in [0.5, 0.6) is 5.75 Å². The van der Waals surface area contributed by atoms with E-state index in [1.807, 2.05) is 0 Å². The highest BCUT2D eigenvalue weighted by Gasteiger charge is 2.33. The molecule has 0 amide bonds. The Morgan fingerprint density at radius 1 is 1.22 bits per heavy atom. The first-order valence-electron chi connectivity index (χ1n) is 6.90. The van der Waals surface area contributed by atoms with E-state index in [2.05, 4.69) is 9.46 Å². The number of nitrogens with one attached hydrogen (secondary N) is 1. The zero-order valence-electron chi connectivity index (χ0n) is 12.0. The van der Waals surface area contributed by atoms with Gasteiger partial charge in [0.15, 0.2) is 0 Å². The largest absolute Gasteiger partial charge is 0.573 e. The fourth-order valence-electron chi connectivity index (χ4n) is 2.43. The van der Waals surface area contributed by atoms with Gasteiger partial charge in [-0.2, -0.15) is 0 Å². The summed E-state index contributed by atoms with van der Waals surface area (Å²) in [4.78, 5) is -0.224. The number of sulfonamides is 1. The van der Waals surface area contributed by atoms with Crippen LogP contribution in [0.1, 0.15) is 19.3 Å². The van der Waals surface area contributed by atoms with E-state index in [0.717, 1.165) is 24.3 Å². The van der Waals surface area contributed by atoms with Crippen molar-refractivity contribution in [2.75, 3.05) is 0 Å². The Hall–Kier alpha value is -1.36. The lowest BCUT2D eigenvalue weighted by atomic mass is 9.89. The molecular weight excluding hydrogens is 337 g/mol. The molecule has 6 nitrogen and oxygen atoms in total. The molecular formula is C13H17F3N2O4S. The molecule has 1 aliphatic carbocycles. The van der Waals surface area contributed by atoms with Crippen molar-refractivity contribution in [1.29, 1.82) is 0 Å². The average molecular weight is 354 g/mol. The van der Waals surface area contributed by atoms with E-state index in [4.69, 9.17) is 5.73 Å². The van der Waals surface area contributed by atoms with Gasteiger partial charge in [-0.15, -0.1) is 13.2 Å². The molecule has 0 heterocycles. The summed E-state index contributed by atoms with van der Waals surface area (Å²) in [7, 11) is -3.98. The molecule has 0 spiro atoms. The number of halogens is 3. The van der Waals surface area contributed by atoms with Crippen molar-refractivity contribution in [3.05, 3.63) is 24.3 Å². The summed E-state index contributed by atoms with van der Waals surface area (Å²) in [5.74, 6) is -0.517. The lowest BCUT2D eigenvalue weighted by Crippen LogP contribution is -2.53. The van der Waals surface area contributed by atoms with Crippen LogP contribution in [0.15, 0.2) is 29.2 Å². The van der Waals surface area contributed by atoms with Crippen LogP contribution in [0.25, 0.3) is 0 Å². The Balaban J connectivity index is 2.10.